The molecule has 2 aliphatic rings. The highest BCUT2D eigenvalue weighted by Crippen LogP contribution is 2.48. The van der Waals surface area contributed by atoms with Crippen LogP contribution in [0.4, 0.5) is 0 Å². The van der Waals surface area contributed by atoms with Gasteiger partial charge in [-0.05, 0) is 37.5 Å². The molecule has 0 saturated heterocycles. The van der Waals surface area contributed by atoms with Gasteiger partial charge in [0.25, 0.3) is 0 Å². The van der Waals surface area contributed by atoms with Gasteiger partial charge in [-0.3, -0.25) is 0 Å². The largest absolute Gasteiger partial charge is 0.389 e. The fourth-order valence-electron chi connectivity index (χ4n) is 3.00. The zero-order valence-electron chi connectivity index (χ0n) is 7.34. The molecule has 3 atom stereocenters. The number of fused-ring (bicyclic) bond motifs is 1. The maximum atomic E-state index is 10.3. The van der Waals surface area contributed by atoms with Crippen LogP contribution in [0.15, 0.2) is 0 Å². The lowest BCUT2D eigenvalue weighted by Crippen LogP contribution is -2.40. The predicted molar refractivity (Wildman–Crippen MR) is 45.3 cm³/mol. The summed E-state index contributed by atoms with van der Waals surface area (Å²) in [6.07, 6.45) is 7.47. The molecule has 0 aromatic heterocycles. The fraction of sp³-hybridized carbons (Fsp3) is 1.00. The van der Waals surface area contributed by atoms with E-state index in [9.17, 15) is 5.11 Å². The Morgan fingerprint density at radius 1 is 1.18 bits per heavy atom. The second-order valence-electron chi connectivity index (χ2n) is 4.41. The SMILES string of the molecule is C[C@H]1CC[C@@H]2CCCC[C@@]21O. The minimum absolute atomic E-state index is 0.252. The van der Waals surface area contributed by atoms with E-state index in [4.69, 9.17) is 0 Å². The van der Waals surface area contributed by atoms with Gasteiger partial charge in [-0.1, -0.05) is 19.8 Å². The van der Waals surface area contributed by atoms with Crippen molar-refractivity contribution in [1.82, 2.24) is 0 Å². The Balaban J connectivity index is 2.16. The molecule has 2 rings (SSSR count). The van der Waals surface area contributed by atoms with Gasteiger partial charge < -0.3 is 5.11 Å². The molecule has 11 heavy (non-hydrogen) atoms. The molecule has 64 valence electrons. The van der Waals surface area contributed by atoms with E-state index < -0.39 is 0 Å². The van der Waals surface area contributed by atoms with Crippen molar-refractivity contribution in [2.45, 2.75) is 51.0 Å². The first kappa shape index (κ1) is 7.60. The molecule has 0 aromatic carbocycles. The molecule has 0 aliphatic heterocycles. The van der Waals surface area contributed by atoms with Crippen molar-refractivity contribution in [3.63, 3.8) is 0 Å². The molecule has 0 radical (unpaired) electrons. The summed E-state index contributed by atoms with van der Waals surface area (Å²) < 4.78 is 0. The van der Waals surface area contributed by atoms with E-state index in [1.54, 1.807) is 0 Å². The quantitative estimate of drug-likeness (QED) is 0.568. The smallest absolute Gasteiger partial charge is 0.0701 e. The van der Waals surface area contributed by atoms with Crippen molar-refractivity contribution in [2.75, 3.05) is 0 Å². The lowest BCUT2D eigenvalue weighted by Gasteiger charge is -2.37. The summed E-state index contributed by atoms with van der Waals surface area (Å²) in [5.41, 5.74) is -0.252. The molecule has 2 aliphatic carbocycles. The number of rotatable bonds is 0. The lowest BCUT2D eigenvalue weighted by molar-refractivity contribution is -0.0571. The minimum Gasteiger partial charge on any atom is -0.389 e. The Morgan fingerprint density at radius 3 is 2.73 bits per heavy atom. The summed E-state index contributed by atoms with van der Waals surface area (Å²) in [6, 6.07) is 0. The molecular weight excluding hydrogens is 136 g/mol. The van der Waals surface area contributed by atoms with Crippen LogP contribution in [0.25, 0.3) is 0 Å². The molecule has 1 heteroatoms. The van der Waals surface area contributed by atoms with Crippen molar-refractivity contribution in [1.29, 1.82) is 0 Å². The van der Waals surface area contributed by atoms with Crippen molar-refractivity contribution in [3.05, 3.63) is 0 Å². The van der Waals surface area contributed by atoms with Gasteiger partial charge in [0.15, 0.2) is 0 Å². The molecule has 0 unspecified atom stereocenters. The van der Waals surface area contributed by atoms with Crippen molar-refractivity contribution in [3.8, 4) is 0 Å². The summed E-state index contributed by atoms with van der Waals surface area (Å²) >= 11 is 0. The molecule has 2 saturated carbocycles. The lowest BCUT2D eigenvalue weighted by atomic mass is 9.74. The molecule has 0 amide bonds. The monoisotopic (exact) mass is 154 g/mol. The average molecular weight is 154 g/mol. The molecular formula is C10H18O. The molecule has 0 spiro atoms. The summed E-state index contributed by atoms with van der Waals surface area (Å²) in [7, 11) is 0. The van der Waals surface area contributed by atoms with E-state index in [2.05, 4.69) is 6.92 Å². The maximum Gasteiger partial charge on any atom is 0.0701 e. The normalized spacial score (nSPS) is 50.7. The van der Waals surface area contributed by atoms with Gasteiger partial charge in [-0.2, -0.15) is 0 Å². The van der Waals surface area contributed by atoms with Gasteiger partial charge in [0.05, 0.1) is 5.60 Å². The van der Waals surface area contributed by atoms with Crippen LogP contribution in [0.1, 0.15) is 45.4 Å². The van der Waals surface area contributed by atoms with Crippen LogP contribution < -0.4 is 0 Å². The van der Waals surface area contributed by atoms with Crippen LogP contribution >= 0.6 is 0 Å². The van der Waals surface area contributed by atoms with E-state index in [0.717, 1.165) is 6.42 Å². The third kappa shape index (κ3) is 1.01. The van der Waals surface area contributed by atoms with Crippen LogP contribution in [0.2, 0.25) is 0 Å². The summed E-state index contributed by atoms with van der Waals surface area (Å²) in [4.78, 5) is 0. The van der Waals surface area contributed by atoms with Gasteiger partial charge in [-0.15, -0.1) is 0 Å². The minimum atomic E-state index is -0.252. The van der Waals surface area contributed by atoms with Crippen LogP contribution in [0, 0.1) is 11.8 Å². The Labute approximate surface area is 68.8 Å². The Hall–Kier alpha value is -0.0400. The van der Waals surface area contributed by atoms with Gasteiger partial charge >= 0.3 is 0 Å². The Kier molecular flexibility index (Phi) is 1.71. The molecule has 0 bridgehead atoms. The van der Waals surface area contributed by atoms with E-state index in [0.29, 0.717) is 11.8 Å². The van der Waals surface area contributed by atoms with Gasteiger partial charge in [0.1, 0.15) is 0 Å². The summed E-state index contributed by atoms with van der Waals surface area (Å²) in [5, 5.41) is 10.3. The third-order valence-corrected chi connectivity index (χ3v) is 3.89. The van der Waals surface area contributed by atoms with E-state index in [1.807, 2.05) is 0 Å². The molecule has 0 heterocycles. The first-order chi connectivity index (χ1) is 5.23. The zero-order chi connectivity index (χ0) is 7.90. The highest BCUT2D eigenvalue weighted by atomic mass is 16.3. The van der Waals surface area contributed by atoms with E-state index in [-0.39, 0.29) is 5.60 Å². The van der Waals surface area contributed by atoms with Crippen molar-refractivity contribution >= 4 is 0 Å². The van der Waals surface area contributed by atoms with Crippen molar-refractivity contribution in [2.24, 2.45) is 11.8 Å². The van der Waals surface area contributed by atoms with E-state index in [1.165, 1.54) is 32.1 Å². The first-order valence-corrected chi connectivity index (χ1v) is 4.96. The molecule has 0 aromatic rings. The second-order valence-corrected chi connectivity index (χ2v) is 4.41. The topological polar surface area (TPSA) is 20.2 Å². The number of hydrogen-bond donors (Lipinski definition) is 1. The maximum absolute atomic E-state index is 10.3. The number of aliphatic hydroxyl groups is 1. The molecule has 2 fully saturated rings. The van der Waals surface area contributed by atoms with Gasteiger partial charge in [0, 0.05) is 0 Å². The average Bonchev–Trinajstić information content (AvgIpc) is 2.29. The Morgan fingerprint density at radius 2 is 2.00 bits per heavy atom. The van der Waals surface area contributed by atoms with Crippen molar-refractivity contribution < 1.29 is 5.11 Å². The van der Waals surface area contributed by atoms with Crippen LogP contribution in [-0.2, 0) is 0 Å². The summed E-state index contributed by atoms with van der Waals surface area (Å²) in [6.45, 7) is 2.21. The highest BCUT2D eigenvalue weighted by molar-refractivity contribution is 4.98. The summed E-state index contributed by atoms with van der Waals surface area (Å²) in [5.74, 6) is 1.21. The predicted octanol–water partition coefficient (Wildman–Crippen LogP) is 2.34. The highest BCUT2D eigenvalue weighted by Gasteiger charge is 2.47. The first-order valence-electron chi connectivity index (χ1n) is 4.96. The van der Waals surface area contributed by atoms with Crippen LogP contribution in [0.5, 0.6) is 0 Å². The van der Waals surface area contributed by atoms with Crippen LogP contribution in [-0.4, -0.2) is 10.7 Å². The molecule has 1 nitrogen and oxygen atoms in total. The molecule has 1 N–H and O–H groups in total. The fourth-order valence-corrected chi connectivity index (χ4v) is 3.00. The van der Waals surface area contributed by atoms with E-state index >= 15 is 0 Å². The van der Waals surface area contributed by atoms with Crippen LogP contribution in [0.3, 0.4) is 0 Å². The zero-order valence-corrected chi connectivity index (χ0v) is 7.34. The second kappa shape index (κ2) is 2.48. The number of hydrogen-bond acceptors (Lipinski definition) is 1. The van der Waals surface area contributed by atoms with Gasteiger partial charge in [-0.25, -0.2) is 0 Å². The van der Waals surface area contributed by atoms with Gasteiger partial charge in [0.2, 0.25) is 0 Å². The standard InChI is InChI=1S/C10H18O/c1-8-5-6-9-4-2-3-7-10(8,9)11/h8-9,11H,2-7H2,1H3/t8-,9-,10-/m0/s1. The Bertz CT molecular complexity index is 153. The third-order valence-electron chi connectivity index (χ3n) is 3.89.